The molecule has 1 amide bonds. The van der Waals surface area contributed by atoms with E-state index < -0.39 is 0 Å². The molecule has 2 N–H and O–H groups in total. The van der Waals surface area contributed by atoms with Crippen LogP contribution in [0.5, 0.6) is 0 Å². The van der Waals surface area contributed by atoms with Crippen molar-refractivity contribution in [3.63, 3.8) is 0 Å². The molecule has 2 aromatic rings. The van der Waals surface area contributed by atoms with E-state index in [1.54, 1.807) is 56.0 Å². The zero-order chi connectivity index (χ0) is 13.7. The smallest absolute Gasteiger partial charge is 0.275 e. The standard InChI is InChI=1S/C14H14N4O/c1-18(17-10-11-5-4-8-16-9-11)14(19)12-6-2-3-7-13(12)15/h2-10H,15H2,1H3/b17-10+. The van der Waals surface area contributed by atoms with Crippen LogP contribution in [0, 0.1) is 0 Å². The van der Waals surface area contributed by atoms with Gasteiger partial charge in [0.25, 0.3) is 5.91 Å². The van der Waals surface area contributed by atoms with Gasteiger partial charge < -0.3 is 5.73 Å². The van der Waals surface area contributed by atoms with Crippen LogP contribution < -0.4 is 5.73 Å². The summed E-state index contributed by atoms with van der Waals surface area (Å²) in [7, 11) is 1.58. The van der Waals surface area contributed by atoms with Gasteiger partial charge in [-0.25, -0.2) is 5.01 Å². The Labute approximate surface area is 111 Å². The van der Waals surface area contributed by atoms with Gasteiger partial charge in [0.15, 0.2) is 0 Å². The number of nitrogens with two attached hydrogens (primary N) is 1. The molecule has 0 saturated carbocycles. The molecule has 5 nitrogen and oxygen atoms in total. The Morgan fingerprint density at radius 1 is 1.32 bits per heavy atom. The van der Waals surface area contributed by atoms with Crippen LogP contribution in [-0.4, -0.2) is 29.2 Å². The maximum absolute atomic E-state index is 12.1. The Morgan fingerprint density at radius 2 is 2.11 bits per heavy atom. The summed E-state index contributed by atoms with van der Waals surface area (Å²) in [5, 5.41) is 5.32. The molecule has 0 aliphatic carbocycles. The number of nitrogens with zero attached hydrogens (tertiary/aromatic N) is 3. The van der Waals surface area contributed by atoms with Gasteiger partial charge in [-0.1, -0.05) is 18.2 Å². The number of nitrogen functional groups attached to an aromatic ring is 1. The Kier molecular flexibility index (Phi) is 3.87. The Hall–Kier alpha value is -2.69. The van der Waals surface area contributed by atoms with Crippen molar-refractivity contribution in [2.75, 3.05) is 12.8 Å². The van der Waals surface area contributed by atoms with Crippen LogP contribution in [0.4, 0.5) is 5.69 Å². The van der Waals surface area contributed by atoms with Crippen LogP contribution in [0.25, 0.3) is 0 Å². The second-order valence-electron chi connectivity index (χ2n) is 3.95. The first-order chi connectivity index (χ1) is 9.18. The van der Waals surface area contributed by atoms with Crippen molar-refractivity contribution < 1.29 is 4.79 Å². The van der Waals surface area contributed by atoms with Crippen molar-refractivity contribution in [3.8, 4) is 0 Å². The fraction of sp³-hybridized carbons (Fsp3) is 0.0714. The van der Waals surface area contributed by atoms with E-state index in [-0.39, 0.29) is 5.91 Å². The number of rotatable bonds is 3. The molecule has 5 heteroatoms. The summed E-state index contributed by atoms with van der Waals surface area (Å²) < 4.78 is 0. The molecule has 96 valence electrons. The van der Waals surface area contributed by atoms with E-state index in [4.69, 9.17) is 5.73 Å². The largest absolute Gasteiger partial charge is 0.398 e. The number of anilines is 1. The molecule has 1 aromatic carbocycles. The van der Waals surface area contributed by atoms with E-state index in [0.29, 0.717) is 11.3 Å². The van der Waals surface area contributed by atoms with Crippen molar-refractivity contribution >= 4 is 17.8 Å². The second-order valence-corrected chi connectivity index (χ2v) is 3.95. The number of amides is 1. The first kappa shape index (κ1) is 12.8. The number of benzene rings is 1. The van der Waals surface area contributed by atoms with Gasteiger partial charge in [-0.15, -0.1) is 0 Å². The predicted octanol–water partition coefficient (Wildman–Crippen LogP) is 1.77. The van der Waals surface area contributed by atoms with Crippen molar-refractivity contribution in [2.45, 2.75) is 0 Å². The monoisotopic (exact) mass is 254 g/mol. The molecule has 1 heterocycles. The van der Waals surface area contributed by atoms with Crippen LogP contribution in [-0.2, 0) is 0 Å². The number of hydrazone groups is 1. The van der Waals surface area contributed by atoms with Gasteiger partial charge in [0.1, 0.15) is 0 Å². The van der Waals surface area contributed by atoms with Gasteiger partial charge in [0.05, 0.1) is 11.8 Å². The fourth-order valence-electron chi connectivity index (χ4n) is 1.52. The van der Waals surface area contributed by atoms with Gasteiger partial charge in [-0.05, 0) is 18.2 Å². The number of para-hydroxylation sites is 1. The highest BCUT2D eigenvalue weighted by molar-refractivity contribution is 5.99. The number of carbonyl (C=O) groups excluding carboxylic acids is 1. The van der Waals surface area contributed by atoms with Crippen molar-refractivity contribution in [1.82, 2.24) is 9.99 Å². The van der Waals surface area contributed by atoms with E-state index >= 15 is 0 Å². The van der Waals surface area contributed by atoms with Crippen LogP contribution in [0.3, 0.4) is 0 Å². The molecule has 0 unspecified atom stereocenters. The molecular weight excluding hydrogens is 240 g/mol. The number of aromatic nitrogens is 1. The lowest BCUT2D eigenvalue weighted by Crippen LogP contribution is -2.22. The summed E-state index contributed by atoms with van der Waals surface area (Å²) >= 11 is 0. The first-order valence-corrected chi connectivity index (χ1v) is 5.75. The Morgan fingerprint density at radius 3 is 2.79 bits per heavy atom. The summed E-state index contributed by atoms with van der Waals surface area (Å²) in [6.45, 7) is 0. The molecule has 0 aliphatic heterocycles. The summed E-state index contributed by atoms with van der Waals surface area (Å²) in [6.07, 6.45) is 4.92. The lowest BCUT2D eigenvalue weighted by atomic mass is 10.1. The lowest BCUT2D eigenvalue weighted by Gasteiger charge is -2.12. The maximum atomic E-state index is 12.1. The van der Waals surface area contributed by atoms with Crippen molar-refractivity contribution in [1.29, 1.82) is 0 Å². The minimum Gasteiger partial charge on any atom is -0.398 e. The molecule has 2 rings (SSSR count). The summed E-state index contributed by atoms with van der Waals surface area (Å²) in [5.41, 5.74) is 7.46. The predicted molar refractivity (Wildman–Crippen MR) is 74.8 cm³/mol. The zero-order valence-corrected chi connectivity index (χ0v) is 10.5. The van der Waals surface area contributed by atoms with E-state index in [1.165, 1.54) is 5.01 Å². The van der Waals surface area contributed by atoms with E-state index in [2.05, 4.69) is 10.1 Å². The summed E-state index contributed by atoms with van der Waals surface area (Å²) in [6, 6.07) is 10.6. The first-order valence-electron chi connectivity index (χ1n) is 5.75. The quantitative estimate of drug-likeness (QED) is 0.515. The third kappa shape index (κ3) is 3.16. The van der Waals surface area contributed by atoms with Crippen molar-refractivity contribution in [2.24, 2.45) is 5.10 Å². The number of hydrogen-bond acceptors (Lipinski definition) is 4. The highest BCUT2D eigenvalue weighted by atomic mass is 16.2. The average Bonchev–Trinajstić information content (AvgIpc) is 2.45. The Balaban J connectivity index is 2.13. The van der Waals surface area contributed by atoms with Gasteiger partial charge >= 0.3 is 0 Å². The lowest BCUT2D eigenvalue weighted by molar-refractivity contribution is 0.0801. The molecule has 0 radical (unpaired) electrons. The highest BCUT2D eigenvalue weighted by Gasteiger charge is 2.12. The average molecular weight is 254 g/mol. The minimum absolute atomic E-state index is 0.252. The highest BCUT2D eigenvalue weighted by Crippen LogP contribution is 2.12. The fourth-order valence-corrected chi connectivity index (χ4v) is 1.52. The number of pyridine rings is 1. The van der Waals surface area contributed by atoms with Gasteiger partial charge in [-0.3, -0.25) is 9.78 Å². The van der Waals surface area contributed by atoms with E-state index in [0.717, 1.165) is 5.56 Å². The summed E-state index contributed by atoms with van der Waals surface area (Å²) in [4.78, 5) is 16.1. The van der Waals surface area contributed by atoms with Crippen LogP contribution in [0.2, 0.25) is 0 Å². The molecule has 0 bridgehead atoms. The van der Waals surface area contributed by atoms with Crippen LogP contribution in [0.15, 0.2) is 53.9 Å². The molecule has 19 heavy (non-hydrogen) atoms. The molecule has 0 aliphatic rings. The van der Waals surface area contributed by atoms with Gasteiger partial charge in [0.2, 0.25) is 0 Å². The maximum Gasteiger partial charge on any atom is 0.275 e. The van der Waals surface area contributed by atoms with Crippen molar-refractivity contribution in [3.05, 3.63) is 59.9 Å². The molecular formula is C14H14N4O. The second kappa shape index (κ2) is 5.77. The topological polar surface area (TPSA) is 71.6 Å². The minimum atomic E-state index is -0.252. The van der Waals surface area contributed by atoms with Crippen LogP contribution in [0.1, 0.15) is 15.9 Å². The van der Waals surface area contributed by atoms with Crippen LogP contribution >= 0.6 is 0 Å². The van der Waals surface area contributed by atoms with Gasteiger partial charge in [-0.2, -0.15) is 5.10 Å². The molecule has 0 saturated heterocycles. The third-order valence-corrected chi connectivity index (χ3v) is 2.55. The number of hydrogen-bond donors (Lipinski definition) is 1. The normalized spacial score (nSPS) is 10.6. The zero-order valence-electron chi connectivity index (χ0n) is 10.5. The van der Waals surface area contributed by atoms with E-state index in [1.807, 2.05) is 6.07 Å². The van der Waals surface area contributed by atoms with E-state index in [9.17, 15) is 4.79 Å². The molecule has 1 aromatic heterocycles. The number of carbonyl (C=O) groups is 1. The third-order valence-electron chi connectivity index (χ3n) is 2.55. The molecule has 0 fully saturated rings. The summed E-state index contributed by atoms with van der Waals surface area (Å²) in [5.74, 6) is -0.252. The SMILES string of the molecule is CN(/N=C/c1cccnc1)C(=O)c1ccccc1N. The Bertz CT molecular complexity index is 595. The molecule has 0 atom stereocenters. The molecule has 0 spiro atoms. The van der Waals surface area contributed by atoms with Gasteiger partial charge in [0, 0.05) is 30.7 Å².